The molecule has 0 bridgehead atoms. The summed E-state index contributed by atoms with van der Waals surface area (Å²) >= 11 is 0. The van der Waals surface area contributed by atoms with Crippen molar-refractivity contribution in [3.8, 4) is 23.0 Å². The fourth-order valence-corrected chi connectivity index (χ4v) is 2.64. The van der Waals surface area contributed by atoms with E-state index in [-0.39, 0.29) is 6.10 Å². The van der Waals surface area contributed by atoms with Crippen LogP contribution in [0.1, 0.15) is 12.5 Å². The van der Waals surface area contributed by atoms with Crippen LogP contribution in [0.2, 0.25) is 0 Å². The van der Waals surface area contributed by atoms with E-state index in [1.54, 1.807) is 7.11 Å². The minimum atomic E-state index is 0.00418. The zero-order valence-corrected chi connectivity index (χ0v) is 14.1. The lowest BCUT2D eigenvalue weighted by Crippen LogP contribution is -2.38. The zero-order valence-electron chi connectivity index (χ0n) is 14.1. The van der Waals surface area contributed by atoms with E-state index >= 15 is 0 Å². The molecule has 1 atom stereocenters. The molecule has 1 aliphatic heterocycles. The summed E-state index contributed by atoms with van der Waals surface area (Å²) in [6.07, 6.45) is 0.00418. The van der Waals surface area contributed by atoms with Gasteiger partial charge in [-0.25, -0.2) is 0 Å². The van der Waals surface area contributed by atoms with Crippen molar-refractivity contribution in [1.29, 1.82) is 0 Å². The number of benzene rings is 2. The summed E-state index contributed by atoms with van der Waals surface area (Å²) in [5.41, 5.74) is 1.14. The van der Waals surface area contributed by atoms with Crippen LogP contribution in [0.15, 0.2) is 42.5 Å². The largest absolute Gasteiger partial charge is 0.493 e. The van der Waals surface area contributed by atoms with Gasteiger partial charge in [-0.1, -0.05) is 18.2 Å². The van der Waals surface area contributed by atoms with Crippen molar-refractivity contribution in [2.45, 2.75) is 19.6 Å². The van der Waals surface area contributed by atoms with E-state index in [0.29, 0.717) is 19.8 Å². The summed E-state index contributed by atoms with van der Waals surface area (Å²) < 4.78 is 22.6. The fraction of sp³-hybridized carbons (Fsp3) is 0.368. The van der Waals surface area contributed by atoms with Crippen molar-refractivity contribution in [2.75, 3.05) is 26.9 Å². The first-order chi connectivity index (χ1) is 11.8. The third-order valence-electron chi connectivity index (χ3n) is 3.80. The summed E-state index contributed by atoms with van der Waals surface area (Å²) in [5, 5.41) is 3.41. The minimum Gasteiger partial charge on any atom is -0.493 e. The van der Waals surface area contributed by atoms with E-state index in [9.17, 15) is 0 Å². The molecule has 1 heterocycles. The quantitative estimate of drug-likeness (QED) is 0.846. The third kappa shape index (κ3) is 3.92. The maximum absolute atomic E-state index is 5.94. The van der Waals surface area contributed by atoms with Gasteiger partial charge < -0.3 is 24.3 Å². The molecular weight excluding hydrogens is 306 g/mol. The van der Waals surface area contributed by atoms with Crippen LogP contribution in [0.4, 0.5) is 0 Å². The number of para-hydroxylation sites is 2. The van der Waals surface area contributed by atoms with Crippen LogP contribution in [0.3, 0.4) is 0 Å². The number of methoxy groups -OCH3 is 1. The highest BCUT2D eigenvalue weighted by molar-refractivity contribution is 5.43. The van der Waals surface area contributed by atoms with Gasteiger partial charge >= 0.3 is 0 Å². The standard InChI is InChI=1S/C19H23NO4/c1-3-22-19-10-14(8-9-16(19)21-2)11-20-12-15-13-23-17-6-4-5-7-18(17)24-15/h4-10,15,20H,3,11-13H2,1-2H3. The van der Waals surface area contributed by atoms with Gasteiger partial charge in [-0.2, -0.15) is 0 Å². The Morgan fingerprint density at radius 1 is 1.12 bits per heavy atom. The van der Waals surface area contributed by atoms with E-state index in [2.05, 4.69) is 5.32 Å². The van der Waals surface area contributed by atoms with E-state index in [1.165, 1.54) is 0 Å². The predicted octanol–water partition coefficient (Wildman–Crippen LogP) is 3.02. The molecule has 0 radical (unpaired) electrons. The first-order valence-corrected chi connectivity index (χ1v) is 8.19. The Hall–Kier alpha value is -2.40. The smallest absolute Gasteiger partial charge is 0.161 e. The molecule has 128 valence electrons. The molecule has 5 heteroatoms. The highest BCUT2D eigenvalue weighted by Gasteiger charge is 2.20. The molecule has 1 unspecified atom stereocenters. The van der Waals surface area contributed by atoms with Crippen LogP contribution in [-0.2, 0) is 6.54 Å². The zero-order chi connectivity index (χ0) is 16.8. The molecular formula is C19H23NO4. The van der Waals surface area contributed by atoms with Gasteiger partial charge in [0.15, 0.2) is 23.0 Å². The number of hydrogen-bond acceptors (Lipinski definition) is 5. The Bertz CT molecular complexity index is 674. The molecule has 0 saturated heterocycles. The van der Waals surface area contributed by atoms with Gasteiger partial charge in [-0.05, 0) is 36.8 Å². The number of ether oxygens (including phenoxy) is 4. The maximum Gasteiger partial charge on any atom is 0.161 e. The van der Waals surface area contributed by atoms with Gasteiger partial charge in [-0.15, -0.1) is 0 Å². The Kier molecular flexibility index (Phi) is 5.43. The summed E-state index contributed by atoms with van der Waals surface area (Å²) in [7, 11) is 1.65. The minimum absolute atomic E-state index is 0.00418. The topological polar surface area (TPSA) is 49.0 Å². The highest BCUT2D eigenvalue weighted by Crippen LogP contribution is 2.31. The van der Waals surface area contributed by atoms with Gasteiger partial charge in [0.25, 0.3) is 0 Å². The molecule has 3 rings (SSSR count). The van der Waals surface area contributed by atoms with Crippen molar-refractivity contribution >= 4 is 0 Å². The second-order valence-electron chi connectivity index (χ2n) is 5.55. The van der Waals surface area contributed by atoms with E-state index in [0.717, 1.165) is 35.1 Å². The molecule has 0 aromatic heterocycles. The van der Waals surface area contributed by atoms with Crippen molar-refractivity contribution in [1.82, 2.24) is 5.32 Å². The molecule has 0 amide bonds. The van der Waals surface area contributed by atoms with E-state index in [1.807, 2.05) is 49.4 Å². The SMILES string of the molecule is CCOc1cc(CNCC2COc3ccccc3O2)ccc1OC. The summed E-state index contributed by atoms with van der Waals surface area (Å²) in [6.45, 7) is 4.56. The average Bonchev–Trinajstić information content (AvgIpc) is 2.62. The molecule has 5 nitrogen and oxygen atoms in total. The molecule has 1 aliphatic rings. The lowest BCUT2D eigenvalue weighted by Gasteiger charge is -2.26. The van der Waals surface area contributed by atoms with E-state index in [4.69, 9.17) is 18.9 Å². The Labute approximate surface area is 142 Å². The molecule has 2 aromatic carbocycles. The lowest BCUT2D eigenvalue weighted by molar-refractivity contribution is 0.0902. The average molecular weight is 329 g/mol. The number of nitrogens with one attached hydrogen (secondary N) is 1. The predicted molar refractivity (Wildman–Crippen MR) is 92.2 cm³/mol. The van der Waals surface area contributed by atoms with Crippen LogP contribution in [0.25, 0.3) is 0 Å². The number of rotatable bonds is 7. The summed E-state index contributed by atoms with van der Waals surface area (Å²) in [6, 6.07) is 13.7. The summed E-state index contributed by atoms with van der Waals surface area (Å²) in [5.74, 6) is 3.13. The van der Waals surface area contributed by atoms with Gasteiger partial charge in [0, 0.05) is 13.1 Å². The van der Waals surface area contributed by atoms with Crippen LogP contribution >= 0.6 is 0 Å². The normalized spacial score (nSPS) is 15.8. The molecule has 0 saturated carbocycles. The summed E-state index contributed by atoms with van der Waals surface area (Å²) in [4.78, 5) is 0. The highest BCUT2D eigenvalue weighted by atomic mass is 16.6. The van der Waals surface area contributed by atoms with Crippen LogP contribution < -0.4 is 24.3 Å². The fourth-order valence-electron chi connectivity index (χ4n) is 2.64. The van der Waals surface area contributed by atoms with Gasteiger partial charge in [-0.3, -0.25) is 0 Å². The Balaban J connectivity index is 1.53. The molecule has 0 fully saturated rings. The monoisotopic (exact) mass is 329 g/mol. The van der Waals surface area contributed by atoms with Crippen molar-refractivity contribution in [3.05, 3.63) is 48.0 Å². The van der Waals surface area contributed by atoms with Crippen molar-refractivity contribution < 1.29 is 18.9 Å². The van der Waals surface area contributed by atoms with Gasteiger partial charge in [0.05, 0.1) is 13.7 Å². The second-order valence-corrected chi connectivity index (χ2v) is 5.55. The van der Waals surface area contributed by atoms with Gasteiger partial charge in [0.1, 0.15) is 12.7 Å². The second kappa shape index (κ2) is 7.93. The molecule has 0 aliphatic carbocycles. The van der Waals surface area contributed by atoms with Crippen LogP contribution in [0, 0.1) is 0 Å². The Morgan fingerprint density at radius 2 is 1.96 bits per heavy atom. The lowest BCUT2D eigenvalue weighted by atomic mass is 10.2. The maximum atomic E-state index is 5.94. The van der Waals surface area contributed by atoms with Crippen LogP contribution in [0.5, 0.6) is 23.0 Å². The first-order valence-electron chi connectivity index (χ1n) is 8.19. The number of fused-ring (bicyclic) bond motifs is 1. The van der Waals surface area contributed by atoms with Crippen molar-refractivity contribution in [2.24, 2.45) is 0 Å². The van der Waals surface area contributed by atoms with Crippen molar-refractivity contribution in [3.63, 3.8) is 0 Å². The van der Waals surface area contributed by atoms with E-state index < -0.39 is 0 Å². The molecule has 0 spiro atoms. The number of hydrogen-bond donors (Lipinski definition) is 1. The Morgan fingerprint density at radius 3 is 2.75 bits per heavy atom. The van der Waals surface area contributed by atoms with Crippen LogP contribution in [-0.4, -0.2) is 33.0 Å². The van der Waals surface area contributed by atoms with Gasteiger partial charge in [0.2, 0.25) is 0 Å². The molecule has 24 heavy (non-hydrogen) atoms. The molecule has 2 aromatic rings. The molecule has 1 N–H and O–H groups in total. The third-order valence-corrected chi connectivity index (χ3v) is 3.80. The first kappa shape index (κ1) is 16.5.